The molecule has 1 aromatic rings. The molecule has 0 radical (unpaired) electrons. The molecule has 2 heteroatoms. The van der Waals surface area contributed by atoms with Crippen molar-refractivity contribution in [1.29, 1.82) is 0 Å². The highest BCUT2D eigenvalue weighted by Crippen LogP contribution is 2.25. The van der Waals surface area contributed by atoms with Gasteiger partial charge in [-0.05, 0) is 44.3 Å². The molecule has 1 aromatic carbocycles. The van der Waals surface area contributed by atoms with E-state index in [-0.39, 0.29) is 0 Å². The molecule has 0 heterocycles. The maximum absolute atomic E-state index is 3.56. The molecule has 0 unspecified atom stereocenters. The van der Waals surface area contributed by atoms with Gasteiger partial charge in [0.15, 0.2) is 0 Å². The summed E-state index contributed by atoms with van der Waals surface area (Å²) in [5.41, 5.74) is 1.45. The Morgan fingerprint density at radius 1 is 1.17 bits per heavy atom. The Hall–Kier alpha value is -0.860. The zero-order chi connectivity index (χ0) is 12.6. The highest BCUT2D eigenvalue weighted by atomic mass is 15.2. The highest BCUT2D eigenvalue weighted by molar-refractivity contribution is 5.14. The number of nitrogens with zero attached hydrogens (tertiary/aromatic N) is 1. The number of benzene rings is 1. The van der Waals surface area contributed by atoms with Crippen molar-refractivity contribution in [2.24, 2.45) is 0 Å². The van der Waals surface area contributed by atoms with Gasteiger partial charge in [-0.2, -0.15) is 0 Å². The summed E-state index contributed by atoms with van der Waals surface area (Å²) in [7, 11) is 0. The van der Waals surface area contributed by atoms with Crippen LogP contribution in [0.5, 0.6) is 0 Å². The molecule has 1 N–H and O–H groups in total. The summed E-state index contributed by atoms with van der Waals surface area (Å²) >= 11 is 0. The third-order valence-corrected chi connectivity index (χ3v) is 3.71. The monoisotopic (exact) mass is 246 g/mol. The molecule has 0 aromatic heterocycles. The molecule has 1 aliphatic rings. The van der Waals surface area contributed by atoms with Crippen molar-refractivity contribution < 1.29 is 0 Å². The number of hydrogen-bond donors (Lipinski definition) is 1. The van der Waals surface area contributed by atoms with E-state index in [0.717, 1.165) is 19.1 Å². The van der Waals surface area contributed by atoms with Crippen LogP contribution < -0.4 is 5.32 Å². The second-order valence-corrected chi connectivity index (χ2v) is 5.20. The molecule has 18 heavy (non-hydrogen) atoms. The summed E-state index contributed by atoms with van der Waals surface area (Å²) in [4.78, 5) is 2.60. The lowest BCUT2D eigenvalue weighted by Gasteiger charge is -2.19. The summed E-state index contributed by atoms with van der Waals surface area (Å²) in [5, 5.41) is 3.56. The Kier molecular flexibility index (Phi) is 5.69. The number of aryl methyl sites for hydroxylation is 1. The predicted octanol–water partition coefficient (Wildman–Crippen LogP) is 2.69. The van der Waals surface area contributed by atoms with Crippen molar-refractivity contribution in [2.45, 2.75) is 38.6 Å². The average molecular weight is 246 g/mol. The molecular formula is C16H26N2. The van der Waals surface area contributed by atoms with Crippen LogP contribution in [0.3, 0.4) is 0 Å². The van der Waals surface area contributed by atoms with Gasteiger partial charge in [-0.25, -0.2) is 0 Å². The minimum absolute atomic E-state index is 0.904. The van der Waals surface area contributed by atoms with Gasteiger partial charge in [0.1, 0.15) is 0 Å². The molecule has 100 valence electrons. The molecule has 1 saturated carbocycles. The predicted molar refractivity (Wildman–Crippen MR) is 77.9 cm³/mol. The fourth-order valence-corrected chi connectivity index (χ4v) is 2.45. The van der Waals surface area contributed by atoms with Gasteiger partial charge in [0.2, 0.25) is 0 Å². The lowest BCUT2D eigenvalue weighted by atomic mass is 10.1. The Morgan fingerprint density at radius 3 is 2.61 bits per heavy atom. The van der Waals surface area contributed by atoms with Gasteiger partial charge in [-0.3, -0.25) is 4.90 Å². The molecular weight excluding hydrogens is 220 g/mol. The van der Waals surface area contributed by atoms with Crippen molar-refractivity contribution in [3.63, 3.8) is 0 Å². The quantitative estimate of drug-likeness (QED) is 0.674. The Morgan fingerprint density at radius 2 is 1.94 bits per heavy atom. The lowest BCUT2D eigenvalue weighted by Crippen LogP contribution is -2.34. The van der Waals surface area contributed by atoms with Crippen LogP contribution in [0.1, 0.15) is 31.7 Å². The molecule has 0 aliphatic heterocycles. The number of rotatable bonds is 9. The van der Waals surface area contributed by atoms with E-state index in [0.29, 0.717) is 0 Å². The first-order chi connectivity index (χ1) is 8.90. The topological polar surface area (TPSA) is 15.3 Å². The van der Waals surface area contributed by atoms with Crippen LogP contribution in [0.2, 0.25) is 0 Å². The molecule has 0 amide bonds. The molecule has 0 bridgehead atoms. The smallest absolute Gasteiger partial charge is 0.0110 e. The van der Waals surface area contributed by atoms with Crippen molar-refractivity contribution in [3.8, 4) is 0 Å². The Bertz CT molecular complexity index is 319. The van der Waals surface area contributed by atoms with Crippen molar-refractivity contribution in [2.75, 3.05) is 26.2 Å². The first kappa shape index (κ1) is 13.6. The fraction of sp³-hybridized carbons (Fsp3) is 0.625. The van der Waals surface area contributed by atoms with Crippen LogP contribution in [0, 0.1) is 0 Å². The third kappa shape index (κ3) is 4.79. The van der Waals surface area contributed by atoms with Gasteiger partial charge >= 0.3 is 0 Å². The molecule has 1 fully saturated rings. The van der Waals surface area contributed by atoms with E-state index in [2.05, 4.69) is 47.5 Å². The maximum Gasteiger partial charge on any atom is 0.0110 e. The number of nitrogens with one attached hydrogen (secondary N) is 1. The molecule has 0 atom stereocenters. The Balaban J connectivity index is 1.48. The first-order valence-corrected chi connectivity index (χ1v) is 7.39. The van der Waals surface area contributed by atoms with Crippen LogP contribution in [0.15, 0.2) is 30.3 Å². The van der Waals surface area contributed by atoms with E-state index >= 15 is 0 Å². The molecule has 0 spiro atoms. The standard InChI is InChI=1S/C16H26N2/c1-2-18(16-10-11-16)14-13-17-12-6-9-15-7-4-3-5-8-15/h3-5,7-8,16-17H,2,6,9-14H2,1H3. The number of hydrogen-bond acceptors (Lipinski definition) is 2. The summed E-state index contributed by atoms with van der Waals surface area (Å²) in [6.07, 6.45) is 5.26. The fourth-order valence-electron chi connectivity index (χ4n) is 2.45. The van der Waals surface area contributed by atoms with Gasteiger partial charge in [0, 0.05) is 19.1 Å². The van der Waals surface area contributed by atoms with Gasteiger partial charge in [0.25, 0.3) is 0 Å². The molecule has 0 saturated heterocycles. The Labute approximate surface area is 111 Å². The second kappa shape index (κ2) is 7.55. The van der Waals surface area contributed by atoms with Crippen LogP contribution >= 0.6 is 0 Å². The molecule has 1 aliphatic carbocycles. The average Bonchev–Trinajstić information content (AvgIpc) is 3.24. The van der Waals surface area contributed by atoms with Gasteiger partial charge in [-0.1, -0.05) is 37.3 Å². The summed E-state index contributed by atoms with van der Waals surface area (Å²) < 4.78 is 0. The second-order valence-electron chi connectivity index (χ2n) is 5.20. The normalized spacial score (nSPS) is 15.2. The third-order valence-electron chi connectivity index (χ3n) is 3.71. The minimum Gasteiger partial charge on any atom is -0.315 e. The van der Waals surface area contributed by atoms with E-state index in [1.807, 2.05) is 0 Å². The maximum atomic E-state index is 3.56. The highest BCUT2D eigenvalue weighted by Gasteiger charge is 2.26. The van der Waals surface area contributed by atoms with Crippen molar-refractivity contribution in [1.82, 2.24) is 10.2 Å². The zero-order valence-electron chi connectivity index (χ0n) is 11.6. The summed E-state index contributed by atoms with van der Waals surface area (Å²) in [5.74, 6) is 0. The van der Waals surface area contributed by atoms with E-state index in [1.165, 1.54) is 44.3 Å². The van der Waals surface area contributed by atoms with E-state index < -0.39 is 0 Å². The van der Waals surface area contributed by atoms with Crippen molar-refractivity contribution in [3.05, 3.63) is 35.9 Å². The summed E-state index contributed by atoms with van der Waals surface area (Å²) in [6.45, 7) is 6.97. The van der Waals surface area contributed by atoms with E-state index in [1.54, 1.807) is 0 Å². The van der Waals surface area contributed by atoms with Crippen molar-refractivity contribution >= 4 is 0 Å². The van der Waals surface area contributed by atoms with Crippen LogP contribution in [-0.2, 0) is 6.42 Å². The first-order valence-electron chi connectivity index (χ1n) is 7.39. The number of likely N-dealkylation sites (N-methyl/N-ethyl adjacent to an activating group) is 1. The largest absolute Gasteiger partial charge is 0.315 e. The van der Waals surface area contributed by atoms with Crippen LogP contribution in [0.4, 0.5) is 0 Å². The molecule has 2 nitrogen and oxygen atoms in total. The lowest BCUT2D eigenvalue weighted by molar-refractivity contribution is 0.277. The van der Waals surface area contributed by atoms with Crippen LogP contribution in [-0.4, -0.2) is 37.1 Å². The summed E-state index contributed by atoms with van der Waals surface area (Å²) in [6, 6.07) is 11.7. The minimum atomic E-state index is 0.904. The van der Waals surface area contributed by atoms with Gasteiger partial charge in [-0.15, -0.1) is 0 Å². The van der Waals surface area contributed by atoms with Gasteiger partial charge < -0.3 is 5.32 Å². The van der Waals surface area contributed by atoms with E-state index in [4.69, 9.17) is 0 Å². The molecule has 2 rings (SSSR count). The van der Waals surface area contributed by atoms with E-state index in [9.17, 15) is 0 Å². The van der Waals surface area contributed by atoms with Gasteiger partial charge in [0.05, 0.1) is 0 Å². The SMILES string of the molecule is CCN(CCNCCCc1ccccc1)C1CC1. The van der Waals surface area contributed by atoms with Crippen LogP contribution in [0.25, 0.3) is 0 Å². The zero-order valence-corrected chi connectivity index (χ0v) is 11.6.